The zero-order chi connectivity index (χ0) is 14.5. The van der Waals surface area contributed by atoms with Crippen LogP contribution in [0.25, 0.3) is 0 Å². The Morgan fingerprint density at radius 3 is 2.70 bits per heavy atom. The van der Waals surface area contributed by atoms with E-state index in [1.165, 1.54) is 12.8 Å². The van der Waals surface area contributed by atoms with E-state index in [9.17, 15) is 9.90 Å². The highest BCUT2D eigenvalue weighted by Crippen LogP contribution is 2.26. The second-order valence-electron chi connectivity index (χ2n) is 5.58. The zero-order valence-corrected chi connectivity index (χ0v) is 12.1. The Morgan fingerprint density at radius 2 is 2.10 bits per heavy atom. The number of hydrogen-bond donors (Lipinski definition) is 2. The third kappa shape index (κ3) is 3.31. The number of carbonyl (C=O) groups excluding carboxylic acids is 1. The van der Waals surface area contributed by atoms with Gasteiger partial charge < -0.3 is 15.7 Å². The molecule has 1 aliphatic rings. The topological polar surface area (TPSA) is 66.6 Å². The molecule has 1 saturated carbocycles. The summed E-state index contributed by atoms with van der Waals surface area (Å²) in [4.78, 5) is 14.7. The van der Waals surface area contributed by atoms with Crippen molar-refractivity contribution in [2.45, 2.75) is 45.1 Å². The van der Waals surface area contributed by atoms with Gasteiger partial charge in [-0.2, -0.15) is 0 Å². The first-order valence-electron chi connectivity index (χ1n) is 7.44. The summed E-state index contributed by atoms with van der Waals surface area (Å²) in [6.07, 6.45) is 5.41. The highest BCUT2D eigenvalue weighted by atomic mass is 16.3. The van der Waals surface area contributed by atoms with E-state index < -0.39 is 0 Å². The lowest BCUT2D eigenvalue weighted by Gasteiger charge is -2.29. The predicted molar refractivity (Wildman–Crippen MR) is 79.8 cm³/mol. The third-order valence-corrected chi connectivity index (χ3v) is 4.07. The van der Waals surface area contributed by atoms with E-state index in [0.717, 1.165) is 31.4 Å². The summed E-state index contributed by atoms with van der Waals surface area (Å²) in [5.74, 6) is 0.296. The number of phenols is 1. The summed E-state index contributed by atoms with van der Waals surface area (Å²) in [5.41, 5.74) is 6.98. The van der Waals surface area contributed by atoms with Gasteiger partial charge in [-0.15, -0.1) is 0 Å². The van der Waals surface area contributed by atoms with Crippen LogP contribution in [0.5, 0.6) is 5.75 Å². The van der Waals surface area contributed by atoms with Gasteiger partial charge in [0.05, 0.1) is 0 Å². The minimum absolute atomic E-state index is 0.0634. The van der Waals surface area contributed by atoms with Crippen LogP contribution in [-0.4, -0.2) is 35.0 Å². The molecule has 0 heterocycles. The average Bonchev–Trinajstić information content (AvgIpc) is 2.96. The van der Waals surface area contributed by atoms with E-state index in [-0.39, 0.29) is 11.7 Å². The molecule has 0 unspecified atom stereocenters. The van der Waals surface area contributed by atoms with Crippen LogP contribution in [0.4, 0.5) is 0 Å². The van der Waals surface area contributed by atoms with Crippen LogP contribution in [0.2, 0.25) is 0 Å². The van der Waals surface area contributed by atoms with Crippen molar-refractivity contribution in [1.29, 1.82) is 0 Å². The van der Waals surface area contributed by atoms with Crippen molar-refractivity contribution in [3.63, 3.8) is 0 Å². The van der Waals surface area contributed by atoms with Crippen LogP contribution in [0.3, 0.4) is 0 Å². The monoisotopic (exact) mass is 276 g/mol. The van der Waals surface area contributed by atoms with Gasteiger partial charge in [-0.1, -0.05) is 12.8 Å². The van der Waals surface area contributed by atoms with Crippen LogP contribution in [0.15, 0.2) is 18.2 Å². The standard InChI is InChI=1S/C16H24N2O2/c1-12-11-13(7-8-15(12)19)16(20)18(10-4-9-17)14-5-2-3-6-14/h7-8,11,14,19H,2-6,9-10,17H2,1H3. The number of amides is 1. The first-order chi connectivity index (χ1) is 9.63. The Kier molecular flexibility index (Phi) is 5.01. The van der Waals surface area contributed by atoms with Gasteiger partial charge in [0.2, 0.25) is 0 Å². The first kappa shape index (κ1) is 14.9. The van der Waals surface area contributed by atoms with Gasteiger partial charge in [0.25, 0.3) is 5.91 Å². The van der Waals surface area contributed by atoms with Crippen LogP contribution in [0, 0.1) is 6.92 Å². The molecule has 0 spiro atoms. The minimum Gasteiger partial charge on any atom is -0.508 e. The fourth-order valence-electron chi connectivity index (χ4n) is 2.88. The lowest BCUT2D eigenvalue weighted by molar-refractivity contribution is 0.0680. The number of benzene rings is 1. The fourth-order valence-corrected chi connectivity index (χ4v) is 2.88. The number of rotatable bonds is 5. The number of aromatic hydroxyl groups is 1. The normalized spacial score (nSPS) is 15.5. The summed E-state index contributed by atoms with van der Waals surface area (Å²) in [6, 6.07) is 5.42. The van der Waals surface area contributed by atoms with Crippen molar-refractivity contribution in [1.82, 2.24) is 4.90 Å². The quantitative estimate of drug-likeness (QED) is 0.868. The Balaban J connectivity index is 2.17. The second kappa shape index (κ2) is 6.75. The first-order valence-corrected chi connectivity index (χ1v) is 7.44. The molecule has 0 aliphatic heterocycles. The number of carbonyl (C=O) groups is 1. The molecule has 0 aromatic heterocycles. The van der Waals surface area contributed by atoms with Gasteiger partial charge >= 0.3 is 0 Å². The lowest BCUT2D eigenvalue weighted by atomic mass is 10.1. The molecule has 0 bridgehead atoms. The third-order valence-electron chi connectivity index (χ3n) is 4.07. The summed E-state index contributed by atoms with van der Waals surface area (Å²) in [6.45, 7) is 3.14. The highest BCUT2D eigenvalue weighted by molar-refractivity contribution is 5.94. The van der Waals surface area contributed by atoms with Crippen LogP contribution >= 0.6 is 0 Å². The number of nitrogens with two attached hydrogens (primary N) is 1. The largest absolute Gasteiger partial charge is 0.508 e. The molecule has 0 radical (unpaired) electrons. The molecule has 4 nitrogen and oxygen atoms in total. The van der Waals surface area contributed by atoms with E-state index in [4.69, 9.17) is 5.73 Å². The molecule has 3 N–H and O–H groups in total. The summed E-state index contributed by atoms with van der Waals surface area (Å²) in [5, 5.41) is 9.58. The van der Waals surface area contributed by atoms with E-state index in [1.54, 1.807) is 18.2 Å². The minimum atomic E-state index is 0.0634. The smallest absolute Gasteiger partial charge is 0.254 e. The second-order valence-corrected chi connectivity index (χ2v) is 5.58. The van der Waals surface area contributed by atoms with Gasteiger partial charge in [-0.3, -0.25) is 4.79 Å². The molecule has 2 rings (SSSR count). The summed E-state index contributed by atoms with van der Waals surface area (Å²) in [7, 11) is 0. The van der Waals surface area contributed by atoms with E-state index in [2.05, 4.69) is 0 Å². The van der Waals surface area contributed by atoms with Crippen LogP contribution < -0.4 is 5.73 Å². The molecule has 110 valence electrons. The zero-order valence-electron chi connectivity index (χ0n) is 12.1. The highest BCUT2D eigenvalue weighted by Gasteiger charge is 2.27. The number of aryl methyl sites for hydroxylation is 1. The van der Waals surface area contributed by atoms with E-state index in [0.29, 0.717) is 18.2 Å². The SMILES string of the molecule is Cc1cc(C(=O)N(CCCN)C2CCCC2)ccc1O. The molecule has 1 aliphatic carbocycles. The van der Waals surface area contributed by atoms with E-state index >= 15 is 0 Å². The maximum absolute atomic E-state index is 12.7. The number of hydrogen-bond acceptors (Lipinski definition) is 3. The van der Waals surface area contributed by atoms with Crippen molar-refractivity contribution in [2.24, 2.45) is 5.73 Å². The van der Waals surface area contributed by atoms with Crippen LogP contribution in [0.1, 0.15) is 48.0 Å². The summed E-state index contributed by atoms with van der Waals surface area (Å²) >= 11 is 0. The van der Waals surface area contributed by atoms with Crippen molar-refractivity contribution in [3.05, 3.63) is 29.3 Å². The Labute approximate surface area is 120 Å². The molecular formula is C16H24N2O2. The molecular weight excluding hydrogens is 252 g/mol. The average molecular weight is 276 g/mol. The van der Waals surface area contributed by atoms with Crippen LogP contribution in [-0.2, 0) is 0 Å². The molecule has 1 aromatic carbocycles. The maximum Gasteiger partial charge on any atom is 0.254 e. The number of phenolic OH excluding ortho intramolecular Hbond substituents is 1. The Hall–Kier alpha value is -1.55. The molecule has 20 heavy (non-hydrogen) atoms. The van der Waals surface area contributed by atoms with Gasteiger partial charge in [-0.25, -0.2) is 0 Å². The van der Waals surface area contributed by atoms with Crippen molar-refractivity contribution in [2.75, 3.05) is 13.1 Å². The van der Waals surface area contributed by atoms with Crippen molar-refractivity contribution >= 4 is 5.91 Å². The molecule has 0 saturated heterocycles. The van der Waals surface area contributed by atoms with Gasteiger partial charge in [0.15, 0.2) is 0 Å². The van der Waals surface area contributed by atoms with Crippen molar-refractivity contribution in [3.8, 4) is 5.75 Å². The Bertz CT molecular complexity index is 468. The van der Waals surface area contributed by atoms with Gasteiger partial charge in [0, 0.05) is 18.2 Å². The van der Waals surface area contributed by atoms with Crippen molar-refractivity contribution < 1.29 is 9.90 Å². The van der Waals surface area contributed by atoms with Gasteiger partial charge in [-0.05, 0) is 56.5 Å². The molecule has 1 fully saturated rings. The van der Waals surface area contributed by atoms with Gasteiger partial charge in [0.1, 0.15) is 5.75 Å². The molecule has 1 amide bonds. The fraction of sp³-hybridized carbons (Fsp3) is 0.562. The molecule has 1 aromatic rings. The molecule has 4 heteroatoms. The predicted octanol–water partition coefficient (Wildman–Crippen LogP) is 2.43. The lowest BCUT2D eigenvalue weighted by Crippen LogP contribution is -2.40. The van der Waals surface area contributed by atoms with E-state index in [1.807, 2.05) is 11.8 Å². The summed E-state index contributed by atoms with van der Waals surface area (Å²) < 4.78 is 0. The Morgan fingerprint density at radius 1 is 1.40 bits per heavy atom. The number of nitrogens with zero attached hydrogens (tertiary/aromatic N) is 1. The molecule has 0 atom stereocenters. The maximum atomic E-state index is 12.7.